The molecule has 1 aromatic heterocycles. The molecule has 0 saturated carbocycles. The third-order valence-corrected chi connectivity index (χ3v) is 4.52. The third-order valence-electron chi connectivity index (χ3n) is 3.73. The van der Waals surface area contributed by atoms with Crippen molar-refractivity contribution in [1.82, 2.24) is 20.4 Å². The highest BCUT2D eigenvalue weighted by Gasteiger charge is 2.13. The van der Waals surface area contributed by atoms with Gasteiger partial charge in [0.1, 0.15) is 0 Å². The molecule has 0 aliphatic carbocycles. The first-order valence-electron chi connectivity index (χ1n) is 7.45. The first-order valence-corrected chi connectivity index (χ1v) is 8.68. The molecule has 1 aliphatic rings. The van der Waals surface area contributed by atoms with Gasteiger partial charge in [0.25, 0.3) is 5.91 Å². The number of hydrogen-bond donors (Lipinski definition) is 2. The molecule has 124 valence electrons. The number of carbonyl (C=O) groups is 1. The van der Waals surface area contributed by atoms with E-state index < -0.39 is 0 Å². The predicted molar refractivity (Wildman–Crippen MR) is 95.2 cm³/mol. The summed E-state index contributed by atoms with van der Waals surface area (Å²) in [5, 5.41) is 10.9. The maximum atomic E-state index is 12.3. The second-order valence-corrected chi connectivity index (χ2v) is 6.11. The van der Waals surface area contributed by atoms with Gasteiger partial charge in [-0.3, -0.25) is 9.48 Å². The number of nitrogens with one attached hydrogen (secondary N) is 2. The number of aryl methyl sites for hydroxylation is 1. The summed E-state index contributed by atoms with van der Waals surface area (Å²) in [5.41, 5.74) is 2.82. The van der Waals surface area contributed by atoms with Crippen molar-refractivity contribution in [3.63, 3.8) is 0 Å². The fourth-order valence-electron chi connectivity index (χ4n) is 2.61. The molecule has 5 nitrogen and oxygen atoms in total. The Morgan fingerprint density at radius 1 is 1.43 bits per heavy atom. The normalized spacial score (nSPS) is 13.6. The number of hydrogen-bond acceptors (Lipinski definition) is 4. The highest BCUT2D eigenvalue weighted by Crippen LogP contribution is 2.19. The maximum Gasteiger partial charge on any atom is 0.252 e. The fourth-order valence-corrected chi connectivity index (χ4v) is 3.20. The lowest BCUT2D eigenvalue weighted by molar-refractivity contribution is 0.0947. The zero-order valence-corrected chi connectivity index (χ0v) is 14.7. The number of benzene rings is 1. The Morgan fingerprint density at radius 3 is 3.09 bits per heavy atom. The van der Waals surface area contributed by atoms with E-state index in [0.29, 0.717) is 6.54 Å². The second-order valence-electron chi connectivity index (χ2n) is 5.26. The van der Waals surface area contributed by atoms with E-state index in [1.165, 1.54) is 5.69 Å². The van der Waals surface area contributed by atoms with Gasteiger partial charge >= 0.3 is 0 Å². The largest absolute Gasteiger partial charge is 0.346 e. The topological polar surface area (TPSA) is 59.0 Å². The number of carbonyl (C=O) groups excluding carboxylic acids is 1. The Hall–Kier alpha value is -1.50. The van der Waals surface area contributed by atoms with Crippen LogP contribution >= 0.6 is 24.2 Å². The van der Waals surface area contributed by atoms with Gasteiger partial charge in [-0.05, 0) is 37.4 Å². The minimum absolute atomic E-state index is 0. The summed E-state index contributed by atoms with van der Waals surface area (Å²) in [6, 6.07) is 9.72. The lowest BCUT2D eigenvalue weighted by atomic mass is 10.2. The Morgan fingerprint density at radius 2 is 2.26 bits per heavy atom. The van der Waals surface area contributed by atoms with Crippen LogP contribution in [0.3, 0.4) is 0 Å². The molecule has 0 saturated heterocycles. The van der Waals surface area contributed by atoms with Crippen LogP contribution in [0.5, 0.6) is 0 Å². The molecule has 23 heavy (non-hydrogen) atoms. The summed E-state index contributed by atoms with van der Waals surface area (Å²) < 4.78 is 2.04. The molecular weight excluding hydrogens is 332 g/mol. The fraction of sp³-hybridized carbons (Fsp3) is 0.375. The van der Waals surface area contributed by atoms with Crippen molar-refractivity contribution in [2.45, 2.75) is 31.0 Å². The lowest BCUT2D eigenvalue weighted by Crippen LogP contribution is -2.23. The molecule has 1 aromatic carbocycles. The minimum atomic E-state index is -0.0498. The van der Waals surface area contributed by atoms with Crippen molar-refractivity contribution in [1.29, 1.82) is 0 Å². The molecule has 0 radical (unpaired) electrons. The molecule has 2 heterocycles. The maximum absolute atomic E-state index is 12.3. The van der Waals surface area contributed by atoms with E-state index in [9.17, 15) is 4.79 Å². The van der Waals surface area contributed by atoms with Crippen LogP contribution in [0, 0.1) is 0 Å². The average molecular weight is 353 g/mol. The van der Waals surface area contributed by atoms with Gasteiger partial charge < -0.3 is 10.6 Å². The van der Waals surface area contributed by atoms with Crippen molar-refractivity contribution in [3.8, 4) is 0 Å². The van der Waals surface area contributed by atoms with Gasteiger partial charge in [-0.2, -0.15) is 5.10 Å². The Balaban J connectivity index is 0.00000192. The van der Waals surface area contributed by atoms with E-state index in [-0.39, 0.29) is 18.3 Å². The van der Waals surface area contributed by atoms with Crippen LogP contribution in [0.2, 0.25) is 0 Å². The Labute approximate surface area is 146 Å². The molecule has 2 aromatic rings. The first kappa shape index (κ1) is 17.8. The van der Waals surface area contributed by atoms with Gasteiger partial charge in [-0.25, -0.2) is 0 Å². The van der Waals surface area contributed by atoms with Crippen molar-refractivity contribution in [2.24, 2.45) is 0 Å². The van der Waals surface area contributed by atoms with Crippen molar-refractivity contribution in [3.05, 3.63) is 47.3 Å². The number of amides is 1. The van der Waals surface area contributed by atoms with Crippen LogP contribution in [0.15, 0.2) is 35.2 Å². The van der Waals surface area contributed by atoms with Crippen LogP contribution in [0.1, 0.15) is 28.2 Å². The molecule has 0 fully saturated rings. The quantitative estimate of drug-likeness (QED) is 0.830. The first-order chi connectivity index (χ1) is 10.8. The van der Waals surface area contributed by atoms with Gasteiger partial charge in [-0.15, -0.1) is 24.2 Å². The molecule has 7 heteroatoms. The van der Waals surface area contributed by atoms with Gasteiger partial charge in [0, 0.05) is 18.0 Å². The molecular formula is C16H21ClN4OS. The Kier molecular flexibility index (Phi) is 6.50. The highest BCUT2D eigenvalue weighted by molar-refractivity contribution is 7.98. The molecule has 0 atom stereocenters. The number of fused-ring (bicyclic) bond motifs is 1. The van der Waals surface area contributed by atoms with E-state index in [2.05, 4.69) is 21.8 Å². The summed E-state index contributed by atoms with van der Waals surface area (Å²) in [5.74, 6) is -0.0498. The van der Waals surface area contributed by atoms with Crippen LogP contribution in [0.25, 0.3) is 0 Å². The summed E-state index contributed by atoms with van der Waals surface area (Å²) in [7, 11) is 0. The van der Waals surface area contributed by atoms with E-state index >= 15 is 0 Å². The van der Waals surface area contributed by atoms with Crippen molar-refractivity contribution < 1.29 is 4.79 Å². The predicted octanol–water partition coefficient (Wildman–Crippen LogP) is 2.45. The number of rotatable bonds is 4. The molecule has 0 unspecified atom stereocenters. The van der Waals surface area contributed by atoms with Crippen molar-refractivity contribution in [2.75, 3.05) is 12.8 Å². The number of aromatic nitrogens is 2. The molecule has 2 N–H and O–H groups in total. The van der Waals surface area contributed by atoms with E-state index in [1.807, 2.05) is 35.2 Å². The number of thioether (sulfide) groups is 1. The monoisotopic (exact) mass is 352 g/mol. The molecule has 3 rings (SSSR count). The van der Waals surface area contributed by atoms with Gasteiger partial charge in [0.15, 0.2) is 0 Å². The SMILES string of the molecule is CSc1ccccc1C(=O)NCc1cc2n(n1)CCCNC2.Cl. The van der Waals surface area contributed by atoms with Crippen LogP contribution in [0.4, 0.5) is 0 Å². The molecule has 0 spiro atoms. The molecule has 0 bridgehead atoms. The second kappa shape index (κ2) is 8.38. The van der Waals surface area contributed by atoms with E-state index in [1.54, 1.807) is 11.8 Å². The Bertz CT molecular complexity index is 650. The van der Waals surface area contributed by atoms with Crippen molar-refractivity contribution >= 4 is 30.1 Å². The standard InChI is InChI=1S/C16H20N4OS.ClH/c1-22-15-6-3-2-5-14(15)16(21)18-10-12-9-13-11-17-7-4-8-20(13)19-12;/h2-3,5-6,9,17H,4,7-8,10-11H2,1H3,(H,18,21);1H. The van der Waals surface area contributed by atoms with Crippen LogP contribution in [-0.4, -0.2) is 28.5 Å². The summed E-state index contributed by atoms with van der Waals surface area (Å²) in [4.78, 5) is 13.3. The summed E-state index contributed by atoms with van der Waals surface area (Å²) in [6.45, 7) is 3.27. The van der Waals surface area contributed by atoms with Gasteiger partial charge in [0.05, 0.1) is 23.5 Å². The van der Waals surface area contributed by atoms with Gasteiger partial charge in [-0.1, -0.05) is 12.1 Å². The van der Waals surface area contributed by atoms with E-state index in [4.69, 9.17) is 0 Å². The summed E-state index contributed by atoms with van der Waals surface area (Å²) >= 11 is 1.58. The number of nitrogens with zero attached hydrogens (tertiary/aromatic N) is 2. The zero-order chi connectivity index (χ0) is 15.4. The smallest absolute Gasteiger partial charge is 0.252 e. The third kappa shape index (κ3) is 4.28. The summed E-state index contributed by atoms with van der Waals surface area (Å²) in [6.07, 6.45) is 3.06. The average Bonchev–Trinajstić information content (AvgIpc) is 2.82. The van der Waals surface area contributed by atoms with Crippen LogP contribution in [-0.2, 0) is 19.6 Å². The highest BCUT2D eigenvalue weighted by atomic mass is 35.5. The van der Waals surface area contributed by atoms with Crippen LogP contribution < -0.4 is 10.6 Å². The minimum Gasteiger partial charge on any atom is -0.346 e. The lowest BCUT2D eigenvalue weighted by Gasteiger charge is -2.07. The molecule has 1 amide bonds. The molecule has 1 aliphatic heterocycles. The van der Waals surface area contributed by atoms with Gasteiger partial charge in [0.2, 0.25) is 0 Å². The number of halogens is 1. The zero-order valence-electron chi connectivity index (χ0n) is 13.0. The van der Waals surface area contributed by atoms with E-state index in [0.717, 1.165) is 42.2 Å².